The quantitative estimate of drug-likeness (QED) is 0.827. The number of hydrogen-bond donors (Lipinski definition) is 2. The molecular weight excluding hydrogens is 219 g/mol. The summed E-state index contributed by atoms with van der Waals surface area (Å²) < 4.78 is 37.8. The average molecular weight is 227 g/mol. The molecule has 0 atom stereocenters. The molecular formula is C10H8F3N3. The Kier molecular flexibility index (Phi) is 2.55. The molecule has 84 valence electrons. The molecule has 0 amide bonds. The second kappa shape index (κ2) is 3.88. The van der Waals surface area contributed by atoms with E-state index >= 15 is 0 Å². The minimum absolute atomic E-state index is 0.0232. The molecule has 2 N–H and O–H groups in total. The fraction of sp³-hybridized carbons (Fsp3) is 0.100. The van der Waals surface area contributed by atoms with E-state index in [2.05, 4.69) is 15.3 Å². The summed E-state index contributed by atoms with van der Waals surface area (Å²) in [6, 6.07) is 5.24. The van der Waals surface area contributed by atoms with Gasteiger partial charge in [-0.1, -0.05) is 12.1 Å². The van der Waals surface area contributed by atoms with Crippen molar-refractivity contribution in [3.8, 4) is 0 Å². The van der Waals surface area contributed by atoms with Crippen molar-refractivity contribution in [3.05, 3.63) is 42.2 Å². The van der Waals surface area contributed by atoms with Crippen LogP contribution in [0.15, 0.2) is 36.7 Å². The van der Waals surface area contributed by atoms with Crippen LogP contribution in [0.25, 0.3) is 0 Å². The number of nitrogens with one attached hydrogen (secondary N) is 2. The molecule has 0 aliphatic heterocycles. The fourth-order valence-electron chi connectivity index (χ4n) is 1.30. The maximum atomic E-state index is 12.6. The summed E-state index contributed by atoms with van der Waals surface area (Å²) in [4.78, 5) is 6.48. The summed E-state index contributed by atoms with van der Waals surface area (Å²) in [5, 5.41) is 2.57. The highest BCUT2D eigenvalue weighted by molar-refractivity contribution is 5.59. The van der Waals surface area contributed by atoms with E-state index in [9.17, 15) is 13.2 Å². The first kappa shape index (κ1) is 10.5. The number of anilines is 2. The van der Waals surface area contributed by atoms with Gasteiger partial charge < -0.3 is 10.3 Å². The van der Waals surface area contributed by atoms with Gasteiger partial charge in [0.25, 0.3) is 0 Å². The van der Waals surface area contributed by atoms with E-state index in [1.165, 1.54) is 30.6 Å². The van der Waals surface area contributed by atoms with Gasteiger partial charge in [0.1, 0.15) is 0 Å². The molecule has 2 rings (SSSR count). The van der Waals surface area contributed by atoms with Gasteiger partial charge in [-0.2, -0.15) is 13.2 Å². The molecule has 0 spiro atoms. The predicted molar refractivity (Wildman–Crippen MR) is 53.3 cm³/mol. The van der Waals surface area contributed by atoms with Crippen molar-refractivity contribution < 1.29 is 13.2 Å². The van der Waals surface area contributed by atoms with Gasteiger partial charge in [-0.25, -0.2) is 4.98 Å². The summed E-state index contributed by atoms with van der Waals surface area (Å²) in [6.45, 7) is 0. The maximum absolute atomic E-state index is 12.6. The van der Waals surface area contributed by atoms with Crippen molar-refractivity contribution in [1.29, 1.82) is 0 Å². The van der Waals surface area contributed by atoms with Crippen LogP contribution in [-0.2, 0) is 6.18 Å². The third-order valence-electron chi connectivity index (χ3n) is 1.98. The molecule has 0 aliphatic carbocycles. The van der Waals surface area contributed by atoms with Crippen LogP contribution in [0.1, 0.15) is 5.56 Å². The molecule has 3 nitrogen and oxygen atoms in total. The Morgan fingerprint density at radius 3 is 2.56 bits per heavy atom. The summed E-state index contributed by atoms with van der Waals surface area (Å²) in [6.07, 6.45) is -1.40. The van der Waals surface area contributed by atoms with Gasteiger partial charge in [-0.05, 0) is 12.1 Å². The lowest BCUT2D eigenvalue weighted by molar-refractivity contribution is -0.136. The number of para-hydroxylation sites is 1. The minimum Gasteiger partial charge on any atom is -0.331 e. The highest BCUT2D eigenvalue weighted by Gasteiger charge is 2.33. The molecule has 1 heterocycles. The summed E-state index contributed by atoms with van der Waals surface area (Å²) >= 11 is 0. The number of imidazole rings is 1. The van der Waals surface area contributed by atoms with Crippen molar-refractivity contribution in [2.24, 2.45) is 0 Å². The Hall–Kier alpha value is -1.98. The van der Waals surface area contributed by atoms with Gasteiger partial charge >= 0.3 is 6.18 Å². The zero-order chi connectivity index (χ0) is 11.6. The van der Waals surface area contributed by atoms with E-state index in [4.69, 9.17) is 0 Å². The molecule has 0 aliphatic rings. The first-order valence-corrected chi connectivity index (χ1v) is 4.50. The standard InChI is InChI=1S/C10H8F3N3/c11-10(12,13)7-3-1-2-4-8(7)16-9-14-5-6-15-9/h1-6H,(H2,14,15,16). The van der Waals surface area contributed by atoms with Crippen molar-refractivity contribution >= 4 is 11.6 Å². The second-order valence-electron chi connectivity index (χ2n) is 3.11. The Morgan fingerprint density at radius 2 is 1.94 bits per heavy atom. The number of rotatable bonds is 2. The van der Waals surface area contributed by atoms with Gasteiger partial charge in [0.15, 0.2) is 0 Å². The van der Waals surface area contributed by atoms with Crippen LogP contribution in [0, 0.1) is 0 Å². The van der Waals surface area contributed by atoms with Crippen molar-refractivity contribution in [1.82, 2.24) is 9.97 Å². The molecule has 2 aromatic rings. The van der Waals surface area contributed by atoms with Gasteiger partial charge in [0.2, 0.25) is 5.95 Å². The minimum atomic E-state index is -4.38. The molecule has 6 heteroatoms. The topological polar surface area (TPSA) is 40.7 Å². The van der Waals surface area contributed by atoms with Gasteiger partial charge in [-0.15, -0.1) is 0 Å². The second-order valence-corrected chi connectivity index (χ2v) is 3.11. The van der Waals surface area contributed by atoms with Crippen molar-refractivity contribution in [2.75, 3.05) is 5.32 Å². The summed E-state index contributed by atoms with van der Waals surface area (Å²) in [7, 11) is 0. The van der Waals surface area contributed by atoms with Crippen LogP contribution < -0.4 is 5.32 Å². The fourth-order valence-corrected chi connectivity index (χ4v) is 1.30. The Morgan fingerprint density at radius 1 is 1.19 bits per heavy atom. The van der Waals surface area contributed by atoms with E-state index in [0.717, 1.165) is 6.07 Å². The molecule has 1 aromatic heterocycles. The first-order chi connectivity index (χ1) is 7.57. The van der Waals surface area contributed by atoms with Crippen LogP contribution in [0.2, 0.25) is 0 Å². The molecule has 0 fully saturated rings. The summed E-state index contributed by atoms with van der Waals surface area (Å²) in [5.74, 6) is 0.275. The average Bonchev–Trinajstić information content (AvgIpc) is 2.70. The van der Waals surface area contributed by atoms with E-state index in [1.54, 1.807) is 0 Å². The number of halogens is 3. The number of aromatic nitrogens is 2. The van der Waals surface area contributed by atoms with Crippen LogP contribution in [0.5, 0.6) is 0 Å². The largest absolute Gasteiger partial charge is 0.418 e. The summed E-state index contributed by atoms with van der Waals surface area (Å²) in [5.41, 5.74) is -0.739. The van der Waals surface area contributed by atoms with Crippen molar-refractivity contribution in [3.63, 3.8) is 0 Å². The van der Waals surface area contributed by atoms with E-state index in [-0.39, 0.29) is 11.6 Å². The number of hydrogen-bond acceptors (Lipinski definition) is 2. The number of benzene rings is 1. The predicted octanol–water partition coefficient (Wildman–Crippen LogP) is 3.17. The third kappa shape index (κ3) is 2.16. The van der Waals surface area contributed by atoms with Crippen molar-refractivity contribution in [2.45, 2.75) is 6.18 Å². The molecule has 16 heavy (non-hydrogen) atoms. The third-order valence-corrected chi connectivity index (χ3v) is 1.98. The molecule has 0 bridgehead atoms. The normalized spacial score (nSPS) is 11.4. The molecule has 0 saturated carbocycles. The van der Waals surface area contributed by atoms with Gasteiger partial charge in [-0.3, -0.25) is 0 Å². The highest BCUT2D eigenvalue weighted by atomic mass is 19.4. The molecule has 0 unspecified atom stereocenters. The Bertz CT molecular complexity index is 462. The lowest BCUT2D eigenvalue weighted by atomic mass is 10.1. The number of aromatic amines is 1. The number of H-pyrrole nitrogens is 1. The number of nitrogens with zero attached hydrogens (tertiary/aromatic N) is 1. The monoisotopic (exact) mass is 227 g/mol. The smallest absolute Gasteiger partial charge is 0.331 e. The van der Waals surface area contributed by atoms with Gasteiger partial charge in [0, 0.05) is 12.4 Å². The molecule has 1 aromatic carbocycles. The maximum Gasteiger partial charge on any atom is 0.418 e. The van der Waals surface area contributed by atoms with E-state index < -0.39 is 11.7 Å². The SMILES string of the molecule is FC(F)(F)c1ccccc1Nc1ncc[nH]1. The first-order valence-electron chi connectivity index (χ1n) is 4.50. The highest BCUT2D eigenvalue weighted by Crippen LogP contribution is 2.35. The van der Waals surface area contributed by atoms with E-state index in [0.29, 0.717) is 0 Å². The van der Waals surface area contributed by atoms with E-state index in [1.807, 2.05) is 0 Å². The Balaban J connectivity index is 2.34. The van der Waals surface area contributed by atoms with Crippen LogP contribution in [0.4, 0.5) is 24.8 Å². The molecule has 0 saturated heterocycles. The lowest BCUT2D eigenvalue weighted by Gasteiger charge is -2.12. The number of alkyl halides is 3. The lowest BCUT2D eigenvalue weighted by Crippen LogP contribution is -2.08. The zero-order valence-electron chi connectivity index (χ0n) is 8.05. The zero-order valence-corrected chi connectivity index (χ0v) is 8.05. The van der Waals surface area contributed by atoms with Crippen LogP contribution in [-0.4, -0.2) is 9.97 Å². The van der Waals surface area contributed by atoms with Gasteiger partial charge in [0.05, 0.1) is 11.3 Å². The Labute approximate surface area is 89.3 Å². The van der Waals surface area contributed by atoms with Crippen LogP contribution >= 0.6 is 0 Å². The van der Waals surface area contributed by atoms with Crippen LogP contribution in [0.3, 0.4) is 0 Å². The molecule has 0 radical (unpaired) electrons.